The van der Waals surface area contributed by atoms with Crippen LogP contribution in [0, 0.1) is 0 Å². The van der Waals surface area contributed by atoms with Crippen LogP contribution in [0.1, 0.15) is 36.0 Å². The Kier molecular flexibility index (Phi) is 4.97. The van der Waals surface area contributed by atoms with E-state index in [1.807, 2.05) is 4.90 Å². The SMILES string of the molecule is Nc1cnc(NCCC(=O)N2CCCCC2)c(C(=O)O)c1. The Morgan fingerprint density at radius 1 is 1.33 bits per heavy atom. The normalized spacial score (nSPS) is 14.8. The lowest BCUT2D eigenvalue weighted by atomic mass is 10.1. The van der Waals surface area contributed by atoms with E-state index in [0.29, 0.717) is 18.7 Å². The molecule has 0 aliphatic carbocycles. The molecule has 7 heteroatoms. The maximum atomic E-state index is 12.0. The van der Waals surface area contributed by atoms with Crippen molar-refractivity contribution in [2.75, 3.05) is 30.7 Å². The molecular formula is C14H20N4O3. The fraction of sp³-hybridized carbons (Fsp3) is 0.500. The molecule has 21 heavy (non-hydrogen) atoms. The van der Waals surface area contributed by atoms with Crippen molar-refractivity contribution < 1.29 is 14.7 Å². The molecule has 4 N–H and O–H groups in total. The van der Waals surface area contributed by atoms with Gasteiger partial charge in [0.1, 0.15) is 11.4 Å². The van der Waals surface area contributed by atoms with Crippen LogP contribution >= 0.6 is 0 Å². The van der Waals surface area contributed by atoms with Crippen LogP contribution in [0.2, 0.25) is 0 Å². The number of carbonyl (C=O) groups is 2. The fourth-order valence-electron chi connectivity index (χ4n) is 2.37. The molecule has 1 aromatic heterocycles. The zero-order valence-electron chi connectivity index (χ0n) is 11.8. The maximum Gasteiger partial charge on any atom is 0.339 e. The number of carbonyl (C=O) groups excluding carboxylic acids is 1. The summed E-state index contributed by atoms with van der Waals surface area (Å²) in [5.74, 6) is -0.766. The third-order valence-corrected chi connectivity index (χ3v) is 3.48. The third kappa shape index (κ3) is 4.08. The van der Waals surface area contributed by atoms with E-state index in [-0.39, 0.29) is 17.3 Å². The van der Waals surface area contributed by atoms with Crippen molar-refractivity contribution in [3.8, 4) is 0 Å². The smallest absolute Gasteiger partial charge is 0.339 e. The van der Waals surface area contributed by atoms with Crippen molar-refractivity contribution in [1.29, 1.82) is 0 Å². The molecule has 1 aromatic rings. The fourth-order valence-corrected chi connectivity index (χ4v) is 2.37. The van der Waals surface area contributed by atoms with Crippen molar-refractivity contribution in [2.24, 2.45) is 0 Å². The molecule has 0 unspecified atom stereocenters. The molecule has 1 aliphatic rings. The molecule has 0 spiro atoms. The number of carboxylic acid groups (broad SMARTS) is 1. The molecule has 0 saturated carbocycles. The van der Waals surface area contributed by atoms with Crippen LogP contribution in [0.3, 0.4) is 0 Å². The number of likely N-dealkylation sites (tertiary alicyclic amines) is 1. The summed E-state index contributed by atoms with van der Waals surface area (Å²) in [5.41, 5.74) is 5.83. The van der Waals surface area contributed by atoms with Gasteiger partial charge in [-0.25, -0.2) is 9.78 Å². The zero-order valence-corrected chi connectivity index (χ0v) is 11.8. The van der Waals surface area contributed by atoms with Gasteiger partial charge < -0.3 is 21.1 Å². The van der Waals surface area contributed by atoms with Crippen LogP contribution in [-0.2, 0) is 4.79 Å². The average molecular weight is 292 g/mol. The summed E-state index contributed by atoms with van der Waals surface area (Å²) in [7, 11) is 0. The van der Waals surface area contributed by atoms with Gasteiger partial charge in [0.25, 0.3) is 0 Å². The number of nitrogens with zero attached hydrogens (tertiary/aromatic N) is 2. The number of piperidine rings is 1. The summed E-state index contributed by atoms with van der Waals surface area (Å²) in [4.78, 5) is 28.9. The van der Waals surface area contributed by atoms with Gasteiger partial charge in [-0.3, -0.25) is 4.79 Å². The third-order valence-electron chi connectivity index (χ3n) is 3.48. The van der Waals surface area contributed by atoms with Crippen LogP contribution in [-0.4, -0.2) is 46.5 Å². The second-order valence-electron chi connectivity index (χ2n) is 5.09. The molecule has 0 atom stereocenters. The standard InChI is InChI=1S/C14H20N4O3/c15-10-8-11(14(20)21)13(17-9-10)16-5-4-12(19)18-6-2-1-3-7-18/h8-9H,1-7,15H2,(H,16,17)(H,20,21). The Bertz CT molecular complexity index is 527. The van der Waals surface area contributed by atoms with Gasteiger partial charge in [-0.15, -0.1) is 0 Å². The van der Waals surface area contributed by atoms with Gasteiger partial charge in [-0.05, 0) is 25.3 Å². The largest absolute Gasteiger partial charge is 0.478 e. The topological polar surface area (TPSA) is 109 Å². The first-order chi connectivity index (χ1) is 10.1. The number of nitrogens with two attached hydrogens (primary N) is 1. The predicted molar refractivity (Wildman–Crippen MR) is 79.1 cm³/mol. The number of nitrogen functional groups attached to an aromatic ring is 1. The Labute approximate surface area is 123 Å². The number of anilines is 2. The van der Waals surface area contributed by atoms with Crippen LogP contribution < -0.4 is 11.1 Å². The van der Waals surface area contributed by atoms with E-state index in [1.54, 1.807) is 0 Å². The molecule has 0 radical (unpaired) electrons. The second-order valence-corrected chi connectivity index (χ2v) is 5.09. The summed E-state index contributed by atoms with van der Waals surface area (Å²) >= 11 is 0. The van der Waals surface area contributed by atoms with E-state index >= 15 is 0 Å². The summed E-state index contributed by atoms with van der Waals surface area (Å²) in [6, 6.07) is 1.35. The number of nitrogens with one attached hydrogen (secondary N) is 1. The quantitative estimate of drug-likeness (QED) is 0.752. The minimum absolute atomic E-state index is 0.0143. The monoisotopic (exact) mass is 292 g/mol. The van der Waals surface area contributed by atoms with Crippen LogP contribution in [0.25, 0.3) is 0 Å². The van der Waals surface area contributed by atoms with E-state index in [0.717, 1.165) is 25.9 Å². The number of pyridine rings is 1. The van der Waals surface area contributed by atoms with Gasteiger partial charge in [-0.1, -0.05) is 0 Å². The molecule has 2 heterocycles. The average Bonchev–Trinajstić information content (AvgIpc) is 2.49. The number of rotatable bonds is 5. The highest BCUT2D eigenvalue weighted by molar-refractivity contribution is 5.94. The minimum atomic E-state index is -1.10. The molecule has 7 nitrogen and oxygen atoms in total. The Morgan fingerprint density at radius 3 is 2.71 bits per heavy atom. The summed E-state index contributed by atoms with van der Waals surface area (Å²) < 4.78 is 0. The number of aromatic carboxylic acids is 1. The van der Waals surface area contributed by atoms with Crippen molar-refractivity contribution in [3.05, 3.63) is 17.8 Å². The number of hydrogen-bond donors (Lipinski definition) is 3. The first-order valence-corrected chi connectivity index (χ1v) is 7.08. The first kappa shape index (κ1) is 15.1. The minimum Gasteiger partial charge on any atom is -0.478 e. The highest BCUT2D eigenvalue weighted by Gasteiger charge is 2.17. The number of aromatic nitrogens is 1. The van der Waals surface area contributed by atoms with Gasteiger partial charge in [0.2, 0.25) is 5.91 Å². The summed E-state index contributed by atoms with van der Waals surface area (Å²) in [6.45, 7) is 1.99. The maximum absolute atomic E-state index is 12.0. The van der Waals surface area contributed by atoms with Gasteiger partial charge in [-0.2, -0.15) is 0 Å². The number of amides is 1. The number of hydrogen-bond acceptors (Lipinski definition) is 5. The number of carboxylic acids is 1. The molecule has 1 fully saturated rings. The van der Waals surface area contributed by atoms with Gasteiger partial charge in [0.15, 0.2) is 0 Å². The Morgan fingerprint density at radius 2 is 2.05 bits per heavy atom. The van der Waals surface area contributed by atoms with Gasteiger partial charge >= 0.3 is 5.97 Å². The molecular weight excluding hydrogens is 272 g/mol. The van der Waals surface area contributed by atoms with E-state index in [9.17, 15) is 9.59 Å². The lowest BCUT2D eigenvalue weighted by Gasteiger charge is -2.26. The lowest BCUT2D eigenvalue weighted by Crippen LogP contribution is -2.36. The van der Waals surface area contributed by atoms with Crippen LogP contribution in [0.15, 0.2) is 12.3 Å². The van der Waals surface area contributed by atoms with Crippen molar-refractivity contribution in [1.82, 2.24) is 9.88 Å². The van der Waals surface area contributed by atoms with Crippen molar-refractivity contribution in [3.63, 3.8) is 0 Å². The molecule has 114 valence electrons. The highest BCUT2D eigenvalue weighted by Crippen LogP contribution is 2.16. The van der Waals surface area contributed by atoms with Gasteiger partial charge in [0.05, 0.1) is 11.9 Å². The molecule has 0 aromatic carbocycles. The van der Waals surface area contributed by atoms with Crippen LogP contribution in [0.4, 0.5) is 11.5 Å². The molecule has 1 saturated heterocycles. The van der Waals surface area contributed by atoms with E-state index in [1.165, 1.54) is 18.7 Å². The Hall–Kier alpha value is -2.31. The molecule has 1 amide bonds. The van der Waals surface area contributed by atoms with E-state index in [2.05, 4.69) is 10.3 Å². The highest BCUT2D eigenvalue weighted by atomic mass is 16.4. The van der Waals surface area contributed by atoms with Crippen LogP contribution in [0.5, 0.6) is 0 Å². The van der Waals surface area contributed by atoms with Gasteiger partial charge in [0, 0.05) is 26.1 Å². The summed E-state index contributed by atoms with van der Waals surface area (Å²) in [6.07, 6.45) is 5.01. The molecule has 2 rings (SSSR count). The van der Waals surface area contributed by atoms with E-state index < -0.39 is 5.97 Å². The second kappa shape index (κ2) is 6.92. The molecule has 0 bridgehead atoms. The zero-order chi connectivity index (χ0) is 15.2. The Balaban J connectivity index is 1.88. The summed E-state index contributed by atoms with van der Waals surface area (Å²) in [5, 5.41) is 12.0. The first-order valence-electron chi connectivity index (χ1n) is 7.08. The van der Waals surface area contributed by atoms with Crippen molar-refractivity contribution in [2.45, 2.75) is 25.7 Å². The molecule has 1 aliphatic heterocycles. The predicted octanol–water partition coefficient (Wildman–Crippen LogP) is 1.18. The lowest BCUT2D eigenvalue weighted by molar-refractivity contribution is -0.131. The van der Waals surface area contributed by atoms with Crippen molar-refractivity contribution >= 4 is 23.4 Å². The van der Waals surface area contributed by atoms with E-state index in [4.69, 9.17) is 10.8 Å².